The second-order valence-corrected chi connectivity index (χ2v) is 4.91. The Kier molecular flexibility index (Phi) is 6.42. The number of hydrogen-bond acceptors (Lipinski definition) is 4. The summed E-state index contributed by atoms with van der Waals surface area (Å²) in [6.07, 6.45) is 0. The molecule has 1 rings (SSSR count). The molecule has 0 unspecified atom stereocenters. The highest BCUT2D eigenvalue weighted by molar-refractivity contribution is 8.13. The summed E-state index contributed by atoms with van der Waals surface area (Å²) in [5, 5.41) is 0.554. The molecular formula is C14H20N2O2S. The van der Waals surface area contributed by atoms with Crippen LogP contribution in [0.1, 0.15) is 36.7 Å². The molecule has 0 amide bonds. The van der Waals surface area contributed by atoms with Crippen LogP contribution in [0.3, 0.4) is 0 Å². The molecule has 1 aromatic carbocycles. The topological polar surface area (TPSA) is 64.7 Å². The molecule has 0 radical (unpaired) electrons. The number of Topliss-reactive ketones (excluding diaryl/α,β-unsaturated/α-hetero) is 1. The lowest BCUT2D eigenvalue weighted by atomic mass is 10.1. The lowest BCUT2D eigenvalue weighted by Crippen LogP contribution is -2.08. The van der Waals surface area contributed by atoms with Gasteiger partial charge >= 0.3 is 0 Å². The van der Waals surface area contributed by atoms with Crippen molar-refractivity contribution in [1.82, 2.24) is 0 Å². The molecular weight excluding hydrogens is 260 g/mol. The van der Waals surface area contributed by atoms with E-state index in [0.29, 0.717) is 29.6 Å². The first-order valence-corrected chi connectivity index (χ1v) is 7.26. The number of carbonyl (C=O) groups excluding carboxylic acids is 1. The van der Waals surface area contributed by atoms with Gasteiger partial charge in [-0.25, -0.2) is 0 Å². The van der Waals surface area contributed by atoms with Crippen LogP contribution in [0.5, 0.6) is 5.75 Å². The first kappa shape index (κ1) is 15.6. The number of ether oxygens (including phenoxy) is 1. The average Bonchev–Trinajstić information content (AvgIpc) is 2.38. The SMILES string of the molecule is CCN=C(N)SCc1cc(C(C)=O)ccc1OCC. The summed E-state index contributed by atoms with van der Waals surface area (Å²) in [4.78, 5) is 15.5. The van der Waals surface area contributed by atoms with Crippen molar-refractivity contribution in [3.63, 3.8) is 0 Å². The van der Waals surface area contributed by atoms with E-state index in [0.717, 1.165) is 11.3 Å². The van der Waals surface area contributed by atoms with Crippen LogP contribution in [0.2, 0.25) is 0 Å². The zero-order valence-corrected chi connectivity index (χ0v) is 12.4. The van der Waals surface area contributed by atoms with Gasteiger partial charge in [0.1, 0.15) is 5.75 Å². The quantitative estimate of drug-likeness (QED) is 0.494. The van der Waals surface area contributed by atoms with E-state index >= 15 is 0 Å². The Hall–Kier alpha value is -1.49. The summed E-state index contributed by atoms with van der Waals surface area (Å²) < 4.78 is 5.56. The molecule has 104 valence electrons. The molecule has 2 N–H and O–H groups in total. The van der Waals surface area contributed by atoms with Gasteiger partial charge < -0.3 is 10.5 Å². The third-order valence-electron chi connectivity index (χ3n) is 2.46. The van der Waals surface area contributed by atoms with Crippen molar-refractivity contribution in [2.24, 2.45) is 10.7 Å². The van der Waals surface area contributed by atoms with Gasteiger partial charge in [0.25, 0.3) is 0 Å². The Balaban J connectivity index is 2.90. The minimum atomic E-state index is 0.0458. The van der Waals surface area contributed by atoms with Crippen LogP contribution in [0.15, 0.2) is 23.2 Å². The summed E-state index contributed by atoms with van der Waals surface area (Å²) >= 11 is 1.45. The Morgan fingerprint density at radius 1 is 1.42 bits per heavy atom. The molecule has 0 saturated carbocycles. The second-order valence-electron chi connectivity index (χ2n) is 3.91. The van der Waals surface area contributed by atoms with E-state index in [9.17, 15) is 4.79 Å². The van der Waals surface area contributed by atoms with Gasteiger partial charge in [-0.15, -0.1) is 0 Å². The van der Waals surface area contributed by atoms with Crippen molar-refractivity contribution in [3.8, 4) is 5.75 Å². The van der Waals surface area contributed by atoms with E-state index in [-0.39, 0.29) is 5.78 Å². The molecule has 1 aromatic rings. The predicted molar refractivity (Wildman–Crippen MR) is 81.1 cm³/mol. The van der Waals surface area contributed by atoms with Gasteiger partial charge in [0.15, 0.2) is 11.0 Å². The van der Waals surface area contributed by atoms with E-state index in [1.165, 1.54) is 11.8 Å². The smallest absolute Gasteiger partial charge is 0.159 e. The second kappa shape index (κ2) is 7.84. The fourth-order valence-electron chi connectivity index (χ4n) is 1.56. The number of carbonyl (C=O) groups is 1. The summed E-state index contributed by atoms with van der Waals surface area (Å²) in [5.74, 6) is 1.49. The molecule has 19 heavy (non-hydrogen) atoms. The average molecular weight is 280 g/mol. The molecule has 4 nitrogen and oxygen atoms in total. The number of nitrogens with two attached hydrogens (primary N) is 1. The molecule has 0 aliphatic carbocycles. The summed E-state index contributed by atoms with van der Waals surface area (Å²) in [6.45, 7) is 6.69. The fraction of sp³-hybridized carbons (Fsp3) is 0.429. The third-order valence-corrected chi connectivity index (χ3v) is 3.34. The van der Waals surface area contributed by atoms with Gasteiger partial charge in [0.05, 0.1) is 6.61 Å². The maximum Gasteiger partial charge on any atom is 0.159 e. The lowest BCUT2D eigenvalue weighted by molar-refractivity contribution is 0.101. The minimum absolute atomic E-state index is 0.0458. The van der Waals surface area contributed by atoms with Gasteiger partial charge in [0.2, 0.25) is 0 Å². The van der Waals surface area contributed by atoms with E-state index in [4.69, 9.17) is 10.5 Å². The highest BCUT2D eigenvalue weighted by atomic mass is 32.2. The molecule has 0 heterocycles. The van der Waals surface area contributed by atoms with Gasteiger partial charge in [-0.05, 0) is 39.0 Å². The zero-order valence-electron chi connectivity index (χ0n) is 11.6. The third kappa shape index (κ3) is 4.95. The number of nitrogens with zero attached hydrogens (tertiary/aromatic N) is 1. The minimum Gasteiger partial charge on any atom is -0.494 e. The standard InChI is InChI=1S/C14H20N2O2S/c1-4-16-14(15)19-9-12-8-11(10(3)17)6-7-13(12)18-5-2/h6-8H,4-5,9H2,1-3H3,(H2,15,16). The largest absolute Gasteiger partial charge is 0.494 e. The van der Waals surface area contributed by atoms with Gasteiger partial charge in [-0.2, -0.15) is 0 Å². The maximum absolute atomic E-state index is 11.4. The molecule has 0 aliphatic heterocycles. The Morgan fingerprint density at radius 3 is 2.74 bits per heavy atom. The number of amidine groups is 1. The molecule has 0 spiro atoms. The fourth-order valence-corrected chi connectivity index (χ4v) is 2.31. The summed E-state index contributed by atoms with van der Waals surface area (Å²) in [7, 11) is 0. The number of benzene rings is 1. The van der Waals surface area contributed by atoms with Crippen molar-refractivity contribution in [2.45, 2.75) is 26.5 Å². The number of aliphatic imine (C=N–C) groups is 1. The Bertz CT molecular complexity index is 473. The highest BCUT2D eigenvalue weighted by Crippen LogP contribution is 2.25. The van der Waals surface area contributed by atoms with Crippen LogP contribution in [0, 0.1) is 0 Å². The highest BCUT2D eigenvalue weighted by Gasteiger charge is 2.08. The molecule has 0 aromatic heterocycles. The molecule has 0 bridgehead atoms. The number of thioether (sulfide) groups is 1. The van der Waals surface area contributed by atoms with Crippen molar-refractivity contribution >= 4 is 22.7 Å². The summed E-state index contributed by atoms with van der Waals surface area (Å²) in [5.41, 5.74) is 7.41. The number of hydrogen-bond donors (Lipinski definition) is 1. The first-order chi connectivity index (χ1) is 9.08. The molecule has 0 aliphatic rings. The van der Waals surface area contributed by atoms with Crippen molar-refractivity contribution < 1.29 is 9.53 Å². The number of rotatable bonds is 6. The lowest BCUT2D eigenvalue weighted by Gasteiger charge is -2.11. The predicted octanol–water partition coefficient (Wildman–Crippen LogP) is 2.86. The van der Waals surface area contributed by atoms with E-state index in [1.54, 1.807) is 13.0 Å². The Labute approximate surface area is 118 Å². The molecule has 5 heteroatoms. The van der Waals surface area contributed by atoms with Gasteiger partial charge in [0, 0.05) is 23.4 Å². The van der Waals surface area contributed by atoms with Crippen LogP contribution in [0.4, 0.5) is 0 Å². The van der Waals surface area contributed by atoms with Crippen LogP contribution in [0.25, 0.3) is 0 Å². The van der Waals surface area contributed by atoms with E-state index in [1.807, 2.05) is 26.0 Å². The monoisotopic (exact) mass is 280 g/mol. The molecule has 0 fully saturated rings. The zero-order chi connectivity index (χ0) is 14.3. The molecule has 0 atom stereocenters. The maximum atomic E-state index is 11.4. The number of ketones is 1. The van der Waals surface area contributed by atoms with Gasteiger partial charge in [-0.1, -0.05) is 11.8 Å². The van der Waals surface area contributed by atoms with Crippen LogP contribution in [-0.2, 0) is 5.75 Å². The molecule has 0 saturated heterocycles. The van der Waals surface area contributed by atoms with Crippen molar-refractivity contribution in [2.75, 3.05) is 13.2 Å². The van der Waals surface area contributed by atoms with Crippen LogP contribution >= 0.6 is 11.8 Å². The van der Waals surface area contributed by atoms with E-state index < -0.39 is 0 Å². The van der Waals surface area contributed by atoms with Gasteiger partial charge in [-0.3, -0.25) is 9.79 Å². The Morgan fingerprint density at radius 2 is 2.16 bits per heavy atom. The normalized spacial score (nSPS) is 11.4. The van der Waals surface area contributed by atoms with Crippen molar-refractivity contribution in [1.29, 1.82) is 0 Å². The van der Waals surface area contributed by atoms with Crippen LogP contribution < -0.4 is 10.5 Å². The summed E-state index contributed by atoms with van der Waals surface area (Å²) in [6, 6.07) is 5.48. The first-order valence-electron chi connectivity index (χ1n) is 6.27. The van der Waals surface area contributed by atoms with Crippen molar-refractivity contribution in [3.05, 3.63) is 29.3 Å². The van der Waals surface area contributed by atoms with E-state index in [2.05, 4.69) is 4.99 Å². The van der Waals surface area contributed by atoms with Crippen LogP contribution in [-0.4, -0.2) is 24.1 Å².